The van der Waals surface area contributed by atoms with Crippen LogP contribution in [0.1, 0.15) is 31.9 Å². The molecule has 6 aromatic carbocycles. The van der Waals surface area contributed by atoms with E-state index in [2.05, 4.69) is 164 Å². The molecule has 3 nitrogen and oxygen atoms in total. The van der Waals surface area contributed by atoms with Gasteiger partial charge in [0.1, 0.15) is 0 Å². The number of nitrogens with zero attached hydrogens (tertiary/aromatic N) is 2. The third-order valence-electron chi connectivity index (χ3n) is 8.86. The number of hydrogen-bond donors (Lipinski definition) is 1. The molecule has 8 aromatic rings. The predicted octanol–water partition coefficient (Wildman–Crippen LogP) is 11.4. The van der Waals surface area contributed by atoms with Crippen LogP contribution in [0.2, 0.25) is 0 Å². The summed E-state index contributed by atoms with van der Waals surface area (Å²) in [4.78, 5) is 9.06. The molecule has 0 radical (unpaired) electrons. The van der Waals surface area contributed by atoms with Gasteiger partial charge in [0, 0.05) is 54.8 Å². The summed E-state index contributed by atoms with van der Waals surface area (Å²) in [6, 6.07) is 47.2. The molecule has 8 rings (SSSR count). The van der Waals surface area contributed by atoms with Crippen molar-refractivity contribution < 1.29 is 0 Å². The van der Waals surface area contributed by atoms with Crippen LogP contribution < -0.4 is 0 Å². The highest BCUT2D eigenvalue weighted by atomic mass is 15.0. The van der Waals surface area contributed by atoms with E-state index in [9.17, 15) is 0 Å². The first-order valence-electron chi connectivity index (χ1n) is 15.5. The number of H-pyrrole nitrogens is 1. The summed E-state index contributed by atoms with van der Waals surface area (Å²) in [5, 5.41) is 7.47. The van der Waals surface area contributed by atoms with E-state index in [0.29, 0.717) is 0 Å². The van der Waals surface area contributed by atoms with Crippen molar-refractivity contribution in [3.8, 4) is 0 Å². The minimum absolute atomic E-state index is 0.927. The third kappa shape index (κ3) is 4.39. The Morgan fingerprint density at radius 1 is 0.578 bits per heavy atom. The number of hydrogen-bond acceptors (Lipinski definition) is 1. The van der Waals surface area contributed by atoms with E-state index in [1.165, 1.54) is 54.4 Å². The SMILES string of the molecule is CC(=N/C(=C\C(=C(C)C)n1c2ccccc2c2c3c4ccccc4[nH]c3c3ccccc3c21)c1ccccc1)c1ccccc1. The topological polar surface area (TPSA) is 33.1 Å². The van der Waals surface area contributed by atoms with E-state index in [1.807, 2.05) is 6.07 Å². The van der Waals surface area contributed by atoms with Crippen LogP contribution in [0.3, 0.4) is 0 Å². The van der Waals surface area contributed by atoms with Crippen molar-refractivity contribution in [1.29, 1.82) is 0 Å². The highest BCUT2D eigenvalue weighted by molar-refractivity contribution is 6.37. The molecule has 45 heavy (non-hydrogen) atoms. The maximum Gasteiger partial charge on any atom is 0.0726 e. The molecular formula is C42H33N3. The number of benzene rings is 6. The highest BCUT2D eigenvalue weighted by Crippen LogP contribution is 2.45. The summed E-state index contributed by atoms with van der Waals surface area (Å²) in [5.41, 5.74) is 11.2. The van der Waals surface area contributed by atoms with Gasteiger partial charge >= 0.3 is 0 Å². The molecule has 1 N–H and O–H groups in total. The second-order valence-corrected chi connectivity index (χ2v) is 11.9. The van der Waals surface area contributed by atoms with Gasteiger partial charge < -0.3 is 9.55 Å². The van der Waals surface area contributed by atoms with Gasteiger partial charge in [-0.3, -0.25) is 4.99 Å². The second-order valence-electron chi connectivity index (χ2n) is 11.9. The number of rotatable bonds is 5. The summed E-state index contributed by atoms with van der Waals surface area (Å²) in [7, 11) is 0. The van der Waals surface area contributed by atoms with Crippen molar-refractivity contribution in [3.63, 3.8) is 0 Å². The lowest BCUT2D eigenvalue weighted by molar-refractivity contribution is 1.19. The summed E-state index contributed by atoms with van der Waals surface area (Å²) < 4.78 is 2.47. The fraction of sp³-hybridized carbons (Fsp3) is 0.0714. The van der Waals surface area contributed by atoms with E-state index in [4.69, 9.17) is 4.99 Å². The van der Waals surface area contributed by atoms with Crippen LogP contribution in [0.25, 0.3) is 65.8 Å². The van der Waals surface area contributed by atoms with Crippen LogP contribution in [0.4, 0.5) is 0 Å². The zero-order chi connectivity index (χ0) is 30.5. The standard InChI is InChI=1S/C42H33N3/c1-27(2)38(26-36(30-18-8-5-9-19-30)43-28(3)29-16-6-4-7-17-29)45-37-25-15-13-23-34(37)40-39-33-22-12-14-24-35(33)44-41(39)31-20-10-11-21-32(31)42(40)45/h4-26,44H,1-3H3/b36-26-,43-28?. The average molecular weight is 580 g/mol. The maximum atomic E-state index is 5.28. The van der Waals surface area contributed by atoms with Crippen molar-refractivity contribution in [2.24, 2.45) is 4.99 Å². The molecular weight excluding hydrogens is 546 g/mol. The second kappa shape index (κ2) is 10.8. The first-order valence-corrected chi connectivity index (χ1v) is 15.5. The number of aliphatic imine (C=N–C) groups is 1. The summed E-state index contributed by atoms with van der Waals surface area (Å²) in [5.74, 6) is 0. The number of aromatic nitrogens is 2. The average Bonchev–Trinajstić information content (AvgIpc) is 3.64. The number of nitrogens with one attached hydrogen (secondary N) is 1. The molecule has 0 bridgehead atoms. The molecule has 2 aromatic heterocycles. The molecule has 0 saturated carbocycles. The van der Waals surface area contributed by atoms with Crippen molar-refractivity contribution in [3.05, 3.63) is 156 Å². The Labute approximate surface area is 262 Å². The summed E-state index contributed by atoms with van der Waals surface area (Å²) in [6.07, 6.45) is 2.27. The predicted molar refractivity (Wildman–Crippen MR) is 194 cm³/mol. The molecule has 0 spiro atoms. The Morgan fingerprint density at radius 2 is 1.16 bits per heavy atom. The van der Waals surface area contributed by atoms with Gasteiger partial charge in [0.2, 0.25) is 0 Å². The Bertz CT molecular complexity index is 2480. The van der Waals surface area contributed by atoms with E-state index in [0.717, 1.165) is 33.7 Å². The van der Waals surface area contributed by atoms with Crippen LogP contribution in [0, 0.1) is 0 Å². The van der Waals surface area contributed by atoms with Crippen molar-refractivity contribution in [2.45, 2.75) is 20.8 Å². The van der Waals surface area contributed by atoms with Crippen LogP contribution in [0.5, 0.6) is 0 Å². The van der Waals surface area contributed by atoms with Crippen LogP contribution in [-0.4, -0.2) is 15.3 Å². The molecule has 0 aliphatic rings. The molecule has 2 heterocycles. The molecule has 0 aliphatic heterocycles. The number of aromatic amines is 1. The number of para-hydroxylation sites is 2. The Kier molecular flexibility index (Phi) is 6.46. The molecule has 0 saturated heterocycles. The Balaban J connectivity index is 1.52. The Hall–Kier alpha value is -5.67. The third-order valence-corrected chi connectivity index (χ3v) is 8.86. The van der Waals surface area contributed by atoms with Gasteiger partial charge in [-0.1, -0.05) is 127 Å². The maximum absolute atomic E-state index is 5.28. The van der Waals surface area contributed by atoms with Crippen LogP contribution >= 0.6 is 0 Å². The molecule has 0 atom stereocenters. The van der Waals surface area contributed by atoms with E-state index >= 15 is 0 Å². The quantitative estimate of drug-likeness (QED) is 0.155. The molecule has 0 aliphatic carbocycles. The number of allylic oxidation sites excluding steroid dienone is 3. The fourth-order valence-electron chi connectivity index (χ4n) is 6.79. The van der Waals surface area contributed by atoms with Crippen molar-refractivity contribution in [1.82, 2.24) is 9.55 Å². The van der Waals surface area contributed by atoms with Gasteiger partial charge in [0.25, 0.3) is 0 Å². The first-order chi connectivity index (χ1) is 22.1. The molecule has 0 fully saturated rings. The van der Waals surface area contributed by atoms with Crippen LogP contribution in [0.15, 0.2) is 150 Å². The molecule has 0 unspecified atom stereocenters. The van der Waals surface area contributed by atoms with Gasteiger partial charge in [0.15, 0.2) is 0 Å². The summed E-state index contributed by atoms with van der Waals surface area (Å²) >= 11 is 0. The lowest BCUT2D eigenvalue weighted by Crippen LogP contribution is -2.00. The van der Waals surface area contributed by atoms with Crippen LogP contribution in [-0.2, 0) is 0 Å². The fourth-order valence-corrected chi connectivity index (χ4v) is 6.79. The van der Waals surface area contributed by atoms with E-state index < -0.39 is 0 Å². The zero-order valence-electron chi connectivity index (χ0n) is 25.7. The smallest absolute Gasteiger partial charge is 0.0726 e. The minimum atomic E-state index is 0.927. The van der Waals surface area contributed by atoms with Gasteiger partial charge in [0.05, 0.1) is 22.2 Å². The van der Waals surface area contributed by atoms with Crippen molar-refractivity contribution >= 4 is 71.5 Å². The normalized spacial score (nSPS) is 12.6. The van der Waals surface area contributed by atoms with Gasteiger partial charge in [-0.25, -0.2) is 0 Å². The van der Waals surface area contributed by atoms with Gasteiger partial charge in [-0.2, -0.15) is 0 Å². The molecule has 0 amide bonds. The zero-order valence-corrected chi connectivity index (χ0v) is 25.7. The van der Waals surface area contributed by atoms with E-state index in [-0.39, 0.29) is 0 Å². The minimum Gasteiger partial charge on any atom is -0.354 e. The highest BCUT2D eigenvalue weighted by Gasteiger charge is 2.22. The lowest BCUT2D eigenvalue weighted by Gasteiger charge is -2.15. The molecule has 216 valence electrons. The lowest BCUT2D eigenvalue weighted by atomic mass is 9.99. The van der Waals surface area contributed by atoms with E-state index in [1.54, 1.807) is 0 Å². The van der Waals surface area contributed by atoms with Crippen molar-refractivity contribution in [2.75, 3.05) is 0 Å². The Morgan fingerprint density at radius 3 is 1.87 bits per heavy atom. The first kappa shape index (κ1) is 26.9. The van der Waals surface area contributed by atoms with Gasteiger partial charge in [-0.05, 0) is 44.5 Å². The summed E-state index contributed by atoms with van der Waals surface area (Å²) in [6.45, 7) is 6.50. The number of fused-ring (bicyclic) bond motifs is 10. The van der Waals surface area contributed by atoms with Gasteiger partial charge in [-0.15, -0.1) is 0 Å². The monoisotopic (exact) mass is 579 g/mol. The molecule has 3 heteroatoms. The largest absolute Gasteiger partial charge is 0.354 e.